The SMILES string of the molecule is CCNC(CN(C)CC(C)(C)I)CN1CC(C)C1. The van der Waals surface area contributed by atoms with Gasteiger partial charge in [0.15, 0.2) is 0 Å². The minimum absolute atomic E-state index is 0.356. The maximum atomic E-state index is 3.63. The Kier molecular flexibility index (Phi) is 6.86. The largest absolute Gasteiger partial charge is 0.312 e. The van der Waals surface area contributed by atoms with E-state index in [4.69, 9.17) is 0 Å². The van der Waals surface area contributed by atoms with Gasteiger partial charge in [-0.05, 0) is 33.4 Å². The second-order valence-electron chi connectivity index (χ2n) is 6.49. The number of likely N-dealkylation sites (N-methyl/N-ethyl adjacent to an activating group) is 2. The molecule has 1 unspecified atom stereocenters. The van der Waals surface area contributed by atoms with E-state index in [0.29, 0.717) is 9.46 Å². The molecule has 1 aliphatic heterocycles. The highest BCUT2D eigenvalue weighted by atomic mass is 127. The minimum Gasteiger partial charge on any atom is -0.312 e. The van der Waals surface area contributed by atoms with Gasteiger partial charge in [0.2, 0.25) is 0 Å². The van der Waals surface area contributed by atoms with E-state index in [1.165, 1.54) is 19.6 Å². The first kappa shape index (κ1) is 16.7. The Morgan fingerprint density at radius 2 is 2.06 bits per heavy atom. The third-order valence-electron chi connectivity index (χ3n) is 3.29. The van der Waals surface area contributed by atoms with Crippen molar-refractivity contribution in [2.24, 2.45) is 5.92 Å². The number of alkyl halides is 1. The van der Waals surface area contributed by atoms with Gasteiger partial charge >= 0.3 is 0 Å². The van der Waals surface area contributed by atoms with Crippen LogP contribution in [0.2, 0.25) is 0 Å². The van der Waals surface area contributed by atoms with E-state index in [1.807, 2.05) is 0 Å². The maximum absolute atomic E-state index is 3.63. The molecular formula is C14H30IN3. The fraction of sp³-hybridized carbons (Fsp3) is 1.00. The predicted octanol–water partition coefficient (Wildman–Crippen LogP) is 2.06. The molecule has 0 spiro atoms. The third kappa shape index (κ3) is 6.68. The monoisotopic (exact) mass is 367 g/mol. The van der Waals surface area contributed by atoms with Gasteiger partial charge in [-0.1, -0.05) is 36.4 Å². The zero-order valence-electron chi connectivity index (χ0n) is 12.7. The Morgan fingerprint density at radius 3 is 2.50 bits per heavy atom. The average molecular weight is 367 g/mol. The van der Waals surface area contributed by atoms with Gasteiger partial charge in [-0.25, -0.2) is 0 Å². The summed E-state index contributed by atoms with van der Waals surface area (Å²) < 4.78 is 0.356. The van der Waals surface area contributed by atoms with Crippen molar-refractivity contribution in [3.63, 3.8) is 0 Å². The van der Waals surface area contributed by atoms with E-state index in [1.54, 1.807) is 0 Å². The van der Waals surface area contributed by atoms with Crippen molar-refractivity contribution in [2.75, 3.05) is 46.3 Å². The van der Waals surface area contributed by atoms with E-state index in [9.17, 15) is 0 Å². The van der Waals surface area contributed by atoms with Crippen LogP contribution in [0.4, 0.5) is 0 Å². The van der Waals surface area contributed by atoms with Crippen LogP contribution >= 0.6 is 22.6 Å². The van der Waals surface area contributed by atoms with Crippen molar-refractivity contribution >= 4 is 22.6 Å². The summed E-state index contributed by atoms with van der Waals surface area (Å²) in [4.78, 5) is 5.03. The fourth-order valence-electron chi connectivity index (χ4n) is 2.85. The van der Waals surface area contributed by atoms with Crippen molar-refractivity contribution in [2.45, 2.75) is 37.2 Å². The summed E-state index contributed by atoms with van der Waals surface area (Å²) in [5.74, 6) is 0.901. The van der Waals surface area contributed by atoms with Crippen LogP contribution < -0.4 is 5.32 Å². The Morgan fingerprint density at radius 1 is 1.44 bits per heavy atom. The molecule has 1 fully saturated rings. The quantitative estimate of drug-likeness (QED) is 0.524. The van der Waals surface area contributed by atoms with Gasteiger partial charge in [0.25, 0.3) is 0 Å². The van der Waals surface area contributed by atoms with Crippen molar-refractivity contribution in [1.82, 2.24) is 15.1 Å². The van der Waals surface area contributed by atoms with Crippen molar-refractivity contribution in [3.8, 4) is 0 Å². The Labute approximate surface area is 127 Å². The van der Waals surface area contributed by atoms with E-state index in [2.05, 4.69) is 72.5 Å². The topological polar surface area (TPSA) is 18.5 Å². The third-order valence-corrected chi connectivity index (χ3v) is 3.63. The molecule has 1 heterocycles. The number of likely N-dealkylation sites (tertiary alicyclic amines) is 1. The lowest BCUT2D eigenvalue weighted by molar-refractivity contribution is 0.0925. The second-order valence-corrected chi connectivity index (χ2v) is 9.41. The van der Waals surface area contributed by atoms with Gasteiger partial charge in [-0.2, -0.15) is 0 Å². The van der Waals surface area contributed by atoms with Crippen LogP contribution in [0, 0.1) is 5.92 Å². The molecule has 108 valence electrons. The van der Waals surface area contributed by atoms with Gasteiger partial charge < -0.3 is 15.1 Å². The smallest absolute Gasteiger partial charge is 0.0322 e. The van der Waals surface area contributed by atoms with Crippen LogP contribution in [0.25, 0.3) is 0 Å². The number of nitrogens with one attached hydrogen (secondary N) is 1. The van der Waals surface area contributed by atoms with E-state index >= 15 is 0 Å². The highest BCUT2D eigenvalue weighted by Gasteiger charge is 2.26. The number of hydrogen-bond donors (Lipinski definition) is 1. The van der Waals surface area contributed by atoms with Crippen molar-refractivity contribution in [1.29, 1.82) is 0 Å². The lowest BCUT2D eigenvalue weighted by Gasteiger charge is -2.40. The summed E-state index contributed by atoms with van der Waals surface area (Å²) in [6.45, 7) is 16.2. The minimum atomic E-state index is 0.356. The Bertz CT molecular complexity index is 234. The molecule has 4 heteroatoms. The summed E-state index contributed by atoms with van der Waals surface area (Å²) in [7, 11) is 2.24. The molecule has 18 heavy (non-hydrogen) atoms. The molecule has 1 rings (SSSR count). The molecule has 0 aliphatic carbocycles. The molecule has 0 saturated carbocycles. The molecule has 0 radical (unpaired) electrons. The van der Waals surface area contributed by atoms with Crippen LogP contribution in [0.1, 0.15) is 27.7 Å². The summed E-state index contributed by atoms with van der Waals surface area (Å²) >= 11 is 2.53. The number of hydrogen-bond acceptors (Lipinski definition) is 3. The van der Waals surface area contributed by atoms with Crippen LogP contribution in [-0.2, 0) is 0 Å². The summed E-state index contributed by atoms with van der Waals surface area (Å²) in [6.07, 6.45) is 0. The first-order chi connectivity index (χ1) is 8.30. The first-order valence-electron chi connectivity index (χ1n) is 7.13. The summed E-state index contributed by atoms with van der Waals surface area (Å²) in [6, 6.07) is 0.603. The normalized spacial score (nSPS) is 20.2. The van der Waals surface area contributed by atoms with E-state index < -0.39 is 0 Å². The lowest BCUT2D eigenvalue weighted by atomic mass is 10.0. The van der Waals surface area contributed by atoms with Gasteiger partial charge in [-0.15, -0.1) is 0 Å². The molecule has 0 bridgehead atoms. The zero-order chi connectivity index (χ0) is 13.8. The summed E-state index contributed by atoms with van der Waals surface area (Å²) in [5.41, 5.74) is 0. The van der Waals surface area contributed by atoms with Gasteiger partial charge in [0.05, 0.1) is 0 Å². The molecule has 1 atom stereocenters. The molecule has 0 aromatic heterocycles. The Balaban J connectivity index is 2.32. The maximum Gasteiger partial charge on any atom is 0.0322 e. The molecule has 0 amide bonds. The number of rotatable bonds is 8. The van der Waals surface area contributed by atoms with Crippen molar-refractivity contribution < 1.29 is 0 Å². The lowest BCUT2D eigenvalue weighted by Crippen LogP contribution is -2.54. The molecule has 3 nitrogen and oxygen atoms in total. The predicted molar refractivity (Wildman–Crippen MR) is 88.7 cm³/mol. The molecular weight excluding hydrogens is 337 g/mol. The Hall–Kier alpha value is 0.610. The first-order valence-corrected chi connectivity index (χ1v) is 8.21. The molecule has 1 N–H and O–H groups in total. The van der Waals surface area contributed by atoms with E-state index in [-0.39, 0.29) is 0 Å². The average Bonchev–Trinajstić information content (AvgIpc) is 2.12. The fourth-order valence-corrected chi connectivity index (χ4v) is 3.43. The highest BCUT2D eigenvalue weighted by Crippen LogP contribution is 2.18. The van der Waals surface area contributed by atoms with Crippen molar-refractivity contribution in [3.05, 3.63) is 0 Å². The number of halogens is 1. The highest BCUT2D eigenvalue weighted by molar-refractivity contribution is 14.1. The van der Waals surface area contributed by atoms with Crippen LogP contribution in [-0.4, -0.2) is 65.6 Å². The second kappa shape index (κ2) is 7.41. The standard InChI is InChI=1S/C14H30IN3/c1-6-16-13(10-18-7-12(2)8-18)9-17(5)11-14(3,4)15/h12-13,16H,6-11H2,1-5H3. The van der Waals surface area contributed by atoms with Crippen LogP contribution in [0.15, 0.2) is 0 Å². The van der Waals surface area contributed by atoms with Crippen LogP contribution in [0.3, 0.4) is 0 Å². The molecule has 0 aromatic carbocycles. The zero-order valence-corrected chi connectivity index (χ0v) is 14.8. The molecule has 1 saturated heterocycles. The van der Waals surface area contributed by atoms with Gasteiger partial charge in [0.1, 0.15) is 0 Å². The van der Waals surface area contributed by atoms with E-state index in [0.717, 1.165) is 25.6 Å². The molecule has 0 aromatic rings. The number of nitrogens with zero attached hydrogens (tertiary/aromatic N) is 2. The van der Waals surface area contributed by atoms with Crippen LogP contribution in [0.5, 0.6) is 0 Å². The van der Waals surface area contributed by atoms with Gasteiger partial charge in [0, 0.05) is 42.2 Å². The van der Waals surface area contributed by atoms with Gasteiger partial charge in [-0.3, -0.25) is 0 Å². The summed E-state index contributed by atoms with van der Waals surface area (Å²) in [5, 5.41) is 3.63. The molecule has 1 aliphatic rings.